The molecule has 0 aliphatic carbocycles. The number of benzene rings is 1. The van der Waals surface area contributed by atoms with Gasteiger partial charge in [-0.3, -0.25) is 0 Å². The predicted molar refractivity (Wildman–Crippen MR) is 51.5 cm³/mol. The van der Waals surface area contributed by atoms with Crippen LogP contribution in [0, 0.1) is 0 Å². The molecular weight excluding hydrogens is 196 g/mol. The van der Waals surface area contributed by atoms with Crippen molar-refractivity contribution in [2.24, 2.45) is 0 Å². The van der Waals surface area contributed by atoms with Crippen molar-refractivity contribution >= 4 is 12.3 Å². The molecule has 1 aliphatic heterocycles. The van der Waals surface area contributed by atoms with E-state index in [4.69, 9.17) is 4.74 Å². The van der Waals surface area contributed by atoms with Crippen LogP contribution in [0.3, 0.4) is 0 Å². The second-order valence-electron chi connectivity index (χ2n) is 3.27. The van der Waals surface area contributed by atoms with Gasteiger partial charge in [-0.25, -0.2) is 4.79 Å². The minimum Gasteiger partial charge on any atom is -0.465 e. The van der Waals surface area contributed by atoms with Crippen LogP contribution in [0.25, 0.3) is 0 Å². The van der Waals surface area contributed by atoms with E-state index < -0.39 is 0 Å². The van der Waals surface area contributed by atoms with Crippen LogP contribution in [0.1, 0.15) is 22.0 Å². The molecule has 2 atom stereocenters. The van der Waals surface area contributed by atoms with Crippen molar-refractivity contribution in [3.05, 3.63) is 35.4 Å². The molecule has 4 nitrogen and oxygen atoms in total. The molecule has 0 amide bonds. The standard InChI is InChI=1S/C11H10O4/c1-14-11(13)8-4-2-3-7(5-8)10-9(6-12)15-10/h2-6,9-10H,1H3. The Morgan fingerprint density at radius 1 is 1.53 bits per heavy atom. The lowest BCUT2D eigenvalue weighted by Gasteiger charge is -2.00. The van der Waals surface area contributed by atoms with E-state index in [0.29, 0.717) is 5.56 Å². The molecule has 1 saturated heterocycles. The predicted octanol–water partition coefficient (Wildman–Crippen LogP) is 1.11. The minimum absolute atomic E-state index is 0.202. The summed E-state index contributed by atoms with van der Waals surface area (Å²) in [4.78, 5) is 21.6. The van der Waals surface area contributed by atoms with Crippen molar-refractivity contribution < 1.29 is 19.1 Å². The van der Waals surface area contributed by atoms with Crippen molar-refractivity contribution in [3.63, 3.8) is 0 Å². The molecule has 78 valence electrons. The van der Waals surface area contributed by atoms with Gasteiger partial charge >= 0.3 is 5.97 Å². The zero-order chi connectivity index (χ0) is 10.8. The highest BCUT2D eigenvalue weighted by Crippen LogP contribution is 2.37. The number of ether oxygens (including phenoxy) is 2. The van der Waals surface area contributed by atoms with Crippen molar-refractivity contribution in [1.29, 1.82) is 0 Å². The third kappa shape index (κ3) is 1.89. The summed E-state index contributed by atoms with van der Waals surface area (Å²) in [7, 11) is 1.33. The van der Waals surface area contributed by atoms with E-state index in [2.05, 4.69) is 4.74 Å². The fourth-order valence-electron chi connectivity index (χ4n) is 1.46. The maximum atomic E-state index is 11.2. The van der Waals surface area contributed by atoms with Gasteiger partial charge in [-0.15, -0.1) is 0 Å². The van der Waals surface area contributed by atoms with Crippen molar-refractivity contribution in [1.82, 2.24) is 0 Å². The zero-order valence-corrected chi connectivity index (χ0v) is 8.17. The molecule has 2 unspecified atom stereocenters. The Bertz CT molecular complexity index is 399. The number of hydrogen-bond donors (Lipinski definition) is 0. The summed E-state index contributed by atoms with van der Waals surface area (Å²) in [6, 6.07) is 6.90. The second kappa shape index (κ2) is 3.82. The molecular formula is C11H10O4. The summed E-state index contributed by atoms with van der Waals surface area (Å²) in [6.07, 6.45) is 0.195. The van der Waals surface area contributed by atoms with Crippen molar-refractivity contribution in [3.8, 4) is 0 Å². The molecule has 1 aliphatic rings. The number of carbonyl (C=O) groups excluding carboxylic acids is 2. The van der Waals surface area contributed by atoms with Crippen LogP contribution in [-0.2, 0) is 14.3 Å². The number of methoxy groups -OCH3 is 1. The third-order valence-corrected chi connectivity index (χ3v) is 2.30. The van der Waals surface area contributed by atoms with E-state index in [0.717, 1.165) is 11.8 Å². The highest BCUT2D eigenvalue weighted by atomic mass is 16.6. The first kappa shape index (κ1) is 9.86. The smallest absolute Gasteiger partial charge is 0.337 e. The average Bonchev–Trinajstić information content (AvgIpc) is 3.07. The molecule has 0 radical (unpaired) electrons. The molecule has 1 heterocycles. The Morgan fingerprint density at radius 2 is 2.33 bits per heavy atom. The molecule has 0 N–H and O–H groups in total. The van der Waals surface area contributed by atoms with E-state index in [1.165, 1.54) is 7.11 Å². The van der Waals surface area contributed by atoms with Crippen LogP contribution < -0.4 is 0 Å². The zero-order valence-electron chi connectivity index (χ0n) is 8.17. The SMILES string of the molecule is COC(=O)c1cccc(C2OC2C=O)c1. The van der Waals surface area contributed by atoms with Gasteiger partial charge in [-0.1, -0.05) is 12.1 Å². The second-order valence-corrected chi connectivity index (χ2v) is 3.27. The summed E-state index contributed by atoms with van der Waals surface area (Å²) >= 11 is 0. The van der Waals surface area contributed by atoms with Gasteiger partial charge in [0.1, 0.15) is 12.2 Å². The van der Waals surface area contributed by atoms with Crippen LogP contribution >= 0.6 is 0 Å². The molecule has 2 rings (SSSR count). The van der Waals surface area contributed by atoms with Crippen LogP contribution in [0.4, 0.5) is 0 Å². The Morgan fingerprint density at radius 3 is 2.93 bits per heavy atom. The largest absolute Gasteiger partial charge is 0.465 e. The van der Waals surface area contributed by atoms with E-state index in [1.807, 2.05) is 6.07 Å². The Hall–Kier alpha value is -1.68. The molecule has 4 heteroatoms. The third-order valence-electron chi connectivity index (χ3n) is 2.30. The first-order valence-electron chi connectivity index (χ1n) is 4.55. The van der Waals surface area contributed by atoms with E-state index >= 15 is 0 Å². The first-order valence-corrected chi connectivity index (χ1v) is 4.55. The van der Waals surface area contributed by atoms with Gasteiger partial charge < -0.3 is 14.3 Å². The first-order chi connectivity index (χ1) is 7.26. The number of hydrogen-bond acceptors (Lipinski definition) is 4. The highest BCUT2D eigenvalue weighted by Gasteiger charge is 2.40. The Labute approximate surface area is 86.8 Å². The van der Waals surface area contributed by atoms with Gasteiger partial charge in [0.15, 0.2) is 6.29 Å². The monoisotopic (exact) mass is 206 g/mol. The van der Waals surface area contributed by atoms with E-state index in [-0.39, 0.29) is 18.2 Å². The normalized spacial score (nSPS) is 23.3. The van der Waals surface area contributed by atoms with Gasteiger partial charge in [-0.2, -0.15) is 0 Å². The molecule has 0 aromatic heterocycles. The molecule has 0 bridgehead atoms. The molecule has 15 heavy (non-hydrogen) atoms. The molecule has 1 aromatic carbocycles. The fourth-order valence-corrected chi connectivity index (χ4v) is 1.46. The van der Waals surface area contributed by atoms with E-state index in [9.17, 15) is 9.59 Å². The van der Waals surface area contributed by atoms with Gasteiger partial charge in [-0.05, 0) is 17.7 Å². The Kier molecular flexibility index (Phi) is 2.51. The maximum Gasteiger partial charge on any atom is 0.337 e. The molecule has 0 saturated carbocycles. The summed E-state index contributed by atoms with van der Waals surface area (Å²) < 4.78 is 9.70. The molecule has 1 fully saturated rings. The van der Waals surface area contributed by atoms with E-state index in [1.54, 1.807) is 18.2 Å². The number of rotatable bonds is 3. The number of esters is 1. The lowest BCUT2D eigenvalue weighted by molar-refractivity contribution is -0.108. The molecule has 1 aromatic rings. The lowest BCUT2D eigenvalue weighted by atomic mass is 10.1. The minimum atomic E-state index is -0.389. The van der Waals surface area contributed by atoms with Crippen LogP contribution in [0.2, 0.25) is 0 Å². The maximum absolute atomic E-state index is 11.2. The number of epoxide rings is 1. The van der Waals surface area contributed by atoms with Crippen molar-refractivity contribution in [2.45, 2.75) is 12.2 Å². The van der Waals surface area contributed by atoms with Gasteiger partial charge in [0.05, 0.1) is 12.7 Å². The van der Waals surface area contributed by atoms with Gasteiger partial charge in [0.2, 0.25) is 0 Å². The van der Waals surface area contributed by atoms with Crippen LogP contribution in [0.5, 0.6) is 0 Å². The van der Waals surface area contributed by atoms with Gasteiger partial charge in [0.25, 0.3) is 0 Å². The fraction of sp³-hybridized carbons (Fsp3) is 0.273. The number of aldehydes is 1. The summed E-state index contributed by atoms with van der Waals surface area (Å²) in [6.45, 7) is 0. The lowest BCUT2D eigenvalue weighted by Crippen LogP contribution is -2.01. The summed E-state index contributed by atoms with van der Waals surface area (Å²) in [5, 5.41) is 0. The summed E-state index contributed by atoms with van der Waals surface area (Å²) in [5.41, 5.74) is 1.30. The quantitative estimate of drug-likeness (QED) is 0.422. The highest BCUT2D eigenvalue weighted by molar-refractivity contribution is 5.89. The van der Waals surface area contributed by atoms with Crippen molar-refractivity contribution in [2.75, 3.05) is 7.11 Å². The number of carbonyl (C=O) groups is 2. The molecule has 0 spiro atoms. The van der Waals surface area contributed by atoms with Gasteiger partial charge in [0, 0.05) is 0 Å². The summed E-state index contributed by atoms with van der Waals surface area (Å²) in [5.74, 6) is -0.389. The Balaban J connectivity index is 2.20. The topological polar surface area (TPSA) is 55.9 Å². The van der Waals surface area contributed by atoms with Crippen LogP contribution in [-0.4, -0.2) is 25.5 Å². The van der Waals surface area contributed by atoms with Crippen LogP contribution in [0.15, 0.2) is 24.3 Å². The average molecular weight is 206 g/mol.